The fourth-order valence-electron chi connectivity index (χ4n) is 2.62. The smallest absolute Gasteiger partial charge is 0.191 e. The van der Waals surface area contributed by atoms with E-state index >= 15 is 0 Å². The van der Waals surface area contributed by atoms with E-state index in [4.69, 9.17) is 5.73 Å². The molecule has 0 aromatic heterocycles. The highest BCUT2D eigenvalue weighted by Crippen LogP contribution is 2.08. The molecule has 0 atom stereocenters. The molecule has 2 N–H and O–H groups in total. The predicted octanol–water partition coefficient (Wildman–Crippen LogP) is 1.91. The second-order valence-electron chi connectivity index (χ2n) is 5.71. The minimum Gasteiger partial charge on any atom is -0.370 e. The molecule has 0 spiro atoms. The van der Waals surface area contributed by atoms with E-state index in [0.717, 1.165) is 32.1 Å². The normalized spacial score (nSPS) is 18.2. The molecule has 1 rings (SSSR count). The van der Waals surface area contributed by atoms with Gasteiger partial charge in [0.25, 0.3) is 0 Å². The number of nitrogens with zero attached hydrogens (tertiary/aromatic N) is 3. The molecular formula is C14H30N4. The van der Waals surface area contributed by atoms with Gasteiger partial charge in [-0.15, -0.1) is 0 Å². The maximum absolute atomic E-state index is 6.04. The number of aliphatic imine (C=N–C) groups is 1. The van der Waals surface area contributed by atoms with Gasteiger partial charge in [0.05, 0.1) is 6.54 Å². The lowest BCUT2D eigenvalue weighted by atomic mass is 10.1. The molecular weight excluding hydrogens is 224 g/mol. The van der Waals surface area contributed by atoms with Crippen molar-refractivity contribution < 1.29 is 0 Å². The molecule has 0 aromatic carbocycles. The Labute approximate surface area is 112 Å². The summed E-state index contributed by atoms with van der Waals surface area (Å²) in [4.78, 5) is 9.20. The molecule has 1 saturated heterocycles. The minimum atomic E-state index is 0.566. The number of rotatable bonds is 5. The van der Waals surface area contributed by atoms with Crippen molar-refractivity contribution in [2.24, 2.45) is 10.7 Å². The first-order valence-electron chi connectivity index (χ1n) is 7.33. The van der Waals surface area contributed by atoms with Crippen LogP contribution in [0.4, 0.5) is 0 Å². The minimum absolute atomic E-state index is 0.566. The van der Waals surface area contributed by atoms with E-state index in [-0.39, 0.29) is 0 Å². The highest BCUT2D eigenvalue weighted by molar-refractivity contribution is 5.78. The van der Waals surface area contributed by atoms with Crippen LogP contribution in [0.2, 0.25) is 0 Å². The molecule has 0 unspecified atom stereocenters. The van der Waals surface area contributed by atoms with Crippen LogP contribution in [-0.4, -0.2) is 54.0 Å². The summed E-state index contributed by atoms with van der Waals surface area (Å²) in [6.45, 7) is 12.9. The molecule has 0 aliphatic carbocycles. The lowest BCUT2D eigenvalue weighted by molar-refractivity contribution is 0.180. The second kappa shape index (κ2) is 7.62. The summed E-state index contributed by atoms with van der Waals surface area (Å²) in [5.41, 5.74) is 6.04. The fourth-order valence-corrected chi connectivity index (χ4v) is 2.62. The van der Waals surface area contributed by atoms with Crippen molar-refractivity contribution in [2.75, 3.05) is 26.2 Å². The third-order valence-electron chi connectivity index (χ3n) is 3.64. The zero-order valence-electron chi connectivity index (χ0n) is 12.5. The largest absolute Gasteiger partial charge is 0.370 e. The van der Waals surface area contributed by atoms with Crippen LogP contribution in [0, 0.1) is 0 Å². The summed E-state index contributed by atoms with van der Waals surface area (Å²) in [7, 11) is 0. The summed E-state index contributed by atoms with van der Waals surface area (Å²) in [6, 6.07) is 1.13. The van der Waals surface area contributed by atoms with Crippen LogP contribution in [0.3, 0.4) is 0 Å². The molecule has 0 amide bonds. The number of hydrogen-bond acceptors (Lipinski definition) is 2. The summed E-state index contributed by atoms with van der Waals surface area (Å²) < 4.78 is 0. The van der Waals surface area contributed by atoms with Gasteiger partial charge in [0.15, 0.2) is 5.96 Å². The fraction of sp³-hybridized carbons (Fsp3) is 0.929. The Morgan fingerprint density at radius 2 is 1.67 bits per heavy atom. The summed E-state index contributed by atoms with van der Waals surface area (Å²) in [6.07, 6.45) is 3.83. The molecule has 0 radical (unpaired) electrons. The Morgan fingerprint density at radius 1 is 1.11 bits per heavy atom. The Kier molecular flexibility index (Phi) is 6.47. The molecule has 1 aliphatic heterocycles. The molecule has 0 saturated carbocycles. The Hall–Kier alpha value is -0.770. The van der Waals surface area contributed by atoms with E-state index in [2.05, 4.69) is 42.5 Å². The molecule has 0 aromatic rings. The van der Waals surface area contributed by atoms with Crippen molar-refractivity contribution >= 4 is 5.96 Å². The number of guanidine groups is 1. The highest BCUT2D eigenvalue weighted by atomic mass is 15.3. The van der Waals surface area contributed by atoms with Gasteiger partial charge in [-0.1, -0.05) is 0 Å². The zero-order valence-corrected chi connectivity index (χ0v) is 12.5. The molecule has 4 heteroatoms. The van der Waals surface area contributed by atoms with Crippen LogP contribution >= 0.6 is 0 Å². The second-order valence-corrected chi connectivity index (χ2v) is 5.71. The van der Waals surface area contributed by atoms with Crippen LogP contribution in [0.15, 0.2) is 4.99 Å². The van der Waals surface area contributed by atoms with Crippen molar-refractivity contribution in [1.29, 1.82) is 0 Å². The van der Waals surface area contributed by atoms with Gasteiger partial charge in [-0.05, 0) is 47.0 Å². The first kappa shape index (κ1) is 15.3. The zero-order chi connectivity index (χ0) is 13.5. The van der Waals surface area contributed by atoms with Crippen LogP contribution in [0.1, 0.15) is 47.0 Å². The first-order valence-corrected chi connectivity index (χ1v) is 7.33. The topological polar surface area (TPSA) is 44.9 Å². The average Bonchev–Trinajstić information content (AvgIpc) is 2.34. The quantitative estimate of drug-likeness (QED) is 0.602. The first-order chi connectivity index (χ1) is 8.52. The van der Waals surface area contributed by atoms with Crippen molar-refractivity contribution in [1.82, 2.24) is 9.80 Å². The van der Waals surface area contributed by atoms with E-state index < -0.39 is 0 Å². The van der Waals surface area contributed by atoms with Crippen molar-refractivity contribution in [3.8, 4) is 0 Å². The van der Waals surface area contributed by atoms with Crippen molar-refractivity contribution in [3.05, 3.63) is 0 Å². The van der Waals surface area contributed by atoms with Gasteiger partial charge >= 0.3 is 0 Å². The Bertz CT molecular complexity index is 247. The van der Waals surface area contributed by atoms with E-state index in [1.807, 2.05) is 0 Å². The number of hydrogen-bond donors (Lipinski definition) is 1. The van der Waals surface area contributed by atoms with Gasteiger partial charge in [-0.2, -0.15) is 0 Å². The summed E-state index contributed by atoms with van der Waals surface area (Å²) in [5.74, 6) is 0.738. The predicted molar refractivity (Wildman–Crippen MR) is 78.9 cm³/mol. The lowest BCUT2D eigenvalue weighted by Crippen LogP contribution is -2.42. The maximum atomic E-state index is 6.04. The molecule has 18 heavy (non-hydrogen) atoms. The van der Waals surface area contributed by atoms with Crippen LogP contribution < -0.4 is 5.73 Å². The number of nitrogens with two attached hydrogens (primary N) is 1. The molecule has 1 heterocycles. The van der Waals surface area contributed by atoms with Gasteiger partial charge in [-0.25, -0.2) is 0 Å². The van der Waals surface area contributed by atoms with Gasteiger partial charge in [0, 0.05) is 31.7 Å². The third-order valence-corrected chi connectivity index (χ3v) is 3.64. The maximum Gasteiger partial charge on any atom is 0.191 e. The molecule has 1 aliphatic rings. The molecule has 4 nitrogen and oxygen atoms in total. The summed E-state index contributed by atoms with van der Waals surface area (Å²) >= 11 is 0. The van der Waals surface area contributed by atoms with Crippen LogP contribution in [0.5, 0.6) is 0 Å². The highest BCUT2D eigenvalue weighted by Gasteiger charge is 2.14. The van der Waals surface area contributed by atoms with Gasteiger partial charge < -0.3 is 10.6 Å². The monoisotopic (exact) mass is 254 g/mol. The number of likely N-dealkylation sites (tertiary alicyclic amines) is 1. The van der Waals surface area contributed by atoms with Crippen LogP contribution in [-0.2, 0) is 0 Å². The molecule has 106 valence electrons. The van der Waals surface area contributed by atoms with E-state index in [9.17, 15) is 0 Å². The van der Waals surface area contributed by atoms with Crippen LogP contribution in [0.25, 0.3) is 0 Å². The number of piperidine rings is 1. The van der Waals surface area contributed by atoms with Gasteiger partial charge in [0.2, 0.25) is 0 Å². The average molecular weight is 254 g/mol. The Balaban J connectivity index is 2.37. The van der Waals surface area contributed by atoms with E-state index in [1.165, 1.54) is 19.3 Å². The van der Waals surface area contributed by atoms with Gasteiger partial charge in [0.1, 0.15) is 0 Å². The third kappa shape index (κ3) is 4.84. The van der Waals surface area contributed by atoms with E-state index in [1.54, 1.807) is 0 Å². The standard InChI is InChI=1S/C14H30N4/c1-12(2)18(13(3)4)11-8-16-14(15)17-9-6-5-7-10-17/h12-13H,5-11H2,1-4H3,(H2,15,16). The van der Waals surface area contributed by atoms with Crippen molar-refractivity contribution in [3.63, 3.8) is 0 Å². The SMILES string of the molecule is CC(C)N(CCN=C(N)N1CCCCC1)C(C)C. The van der Waals surface area contributed by atoms with Crippen molar-refractivity contribution in [2.45, 2.75) is 59.0 Å². The molecule has 1 fully saturated rings. The summed E-state index contributed by atoms with van der Waals surface area (Å²) in [5, 5.41) is 0. The van der Waals surface area contributed by atoms with E-state index in [0.29, 0.717) is 12.1 Å². The van der Waals surface area contributed by atoms with Gasteiger partial charge in [-0.3, -0.25) is 9.89 Å². The Morgan fingerprint density at radius 3 is 2.17 bits per heavy atom. The lowest BCUT2D eigenvalue weighted by Gasteiger charge is -2.30. The molecule has 0 bridgehead atoms.